The SMILES string of the molecule is O=C(O)c1ccccc1Nc1ccnc(Nc2c(Cl)cccc2Cl)n1. The predicted molar refractivity (Wildman–Crippen MR) is 98.5 cm³/mol. The van der Waals surface area contributed by atoms with Gasteiger partial charge >= 0.3 is 5.97 Å². The molecule has 0 radical (unpaired) electrons. The van der Waals surface area contributed by atoms with Crippen molar-refractivity contribution in [2.24, 2.45) is 0 Å². The van der Waals surface area contributed by atoms with E-state index in [2.05, 4.69) is 20.6 Å². The Morgan fingerprint density at radius 3 is 2.40 bits per heavy atom. The third-order valence-corrected chi connectivity index (χ3v) is 3.91. The number of aromatic nitrogens is 2. The van der Waals surface area contributed by atoms with Gasteiger partial charge in [0.15, 0.2) is 0 Å². The Morgan fingerprint density at radius 2 is 1.68 bits per heavy atom. The lowest BCUT2D eigenvalue weighted by molar-refractivity contribution is 0.0698. The molecule has 6 nitrogen and oxygen atoms in total. The van der Waals surface area contributed by atoms with Crippen LogP contribution in [0.5, 0.6) is 0 Å². The van der Waals surface area contributed by atoms with Crippen LogP contribution >= 0.6 is 23.2 Å². The predicted octanol–water partition coefficient (Wildman–Crippen LogP) is 4.97. The lowest BCUT2D eigenvalue weighted by Crippen LogP contribution is -2.05. The van der Waals surface area contributed by atoms with Gasteiger partial charge in [-0.1, -0.05) is 41.4 Å². The summed E-state index contributed by atoms with van der Waals surface area (Å²) in [5, 5.41) is 16.0. The molecule has 0 bridgehead atoms. The first-order valence-corrected chi connectivity index (χ1v) is 7.93. The molecule has 0 saturated heterocycles. The summed E-state index contributed by atoms with van der Waals surface area (Å²) in [4.78, 5) is 19.7. The molecule has 0 atom stereocenters. The molecule has 25 heavy (non-hydrogen) atoms. The molecule has 1 aromatic heterocycles. The molecule has 3 aromatic rings. The highest BCUT2D eigenvalue weighted by Gasteiger charge is 2.11. The van der Waals surface area contributed by atoms with Crippen LogP contribution in [-0.4, -0.2) is 21.0 Å². The van der Waals surface area contributed by atoms with Crippen molar-refractivity contribution < 1.29 is 9.90 Å². The van der Waals surface area contributed by atoms with E-state index in [9.17, 15) is 9.90 Å². The van der Waals surface area contributed by atoms with Crippen molar-refractivity contribution in [3.63, 3.8) is 0 Å². The second kappa shape index (κ2) is 7.38. The zero-order chi connectivity index (χ0) is 17.8. The zero-order valence-electron chi connectivity index (χ0n) is 12.7. The van der Waals surface area contributed by atoms with Gasteiger partial charge in [-0.3, -0.25) is 0 Å². The molecule has 0 unspecified atom stereocenters. The molecule has 0 fully saturated rings. The quantitative estimate of drug-likeness (QED) is 0.584. The van der Waals surface area contributed by atoms with E-state index >= 15 is 0 Å². The summed E-state index contributed by atoms with van der Waals surface area (Å²) in [7, 11) is 0. The molecule has 0 aliphatic rings. The molecule has 0 saturated carbocycles. The lowest BCUT2D eigenvalue weighted by atomic mass is 10.2. The lowest BCUT2D eigenvalue weighted by Gasteiger charge is -2.11. The second-order valence-electron chi connectivity index (χ2n) is 4.96. The largest absolute Gasteiger partial charge is 0.478 e. The molecule has 2 aromatic carbocycles. The van der Waals surface area contributed by atoms with E-state index in [0.717, 1.165) is 0 Å². The average Bonchev–Trinajstić information content (AvgIpc) is 2.59. The molecule has 3 rings (SSSR count). The molecule has 0 spiro atoms. The summed E-state index contributed by atoms with van der Waals surface area (Å²) in [5.41, 5.74) is 1.06. The minimum atomic E-state index is -1.03. The maximum Gasteiger partial charge on any atom is 0.337 e. The van der Waals surface area contributed by atoms with Gasteiger partial charge in [0.05, 0.1) is 27.0 Å². The second-order valence-corrected chi connectivity index (χ2v) is 5.78. The maximum absolute atomic E-state index is 11.3. The Bertz CT molecular complexity index is 914. The van der Waals surface area contributed by atoms with Gasteiger partial charge in [-0.15, -0.1) is 0 Å². The van der Waals surface area contributed by atoms with Crippen LogP contribution in [0.1, 0.15) is 10.4 Å². The fraction of sp³-hybridized carbons (Fsp3) is 0. The van der Waals surface area contributed by atoms with Crippen LogP contribution in [0.15, 0.2) is 54.7 Å². The summed E-state index contributed by atoms with van der Waals surface area (Å²) in [6.45, 7) is 0. The summed E-state index contributed by atoms with van der Waals surface area (Å²) in [6, 6.07) is 13.3. The molecule has 0 aliphatic heterocycles. The molecule has 1 heterocycles. The number of nitrogens with zero attached hydrogens (tertiary/aromatic N) is 2. The van der Waals surface area contributed by atoms with Crippen molar-refractivity contribution in [3.05, 3.63) is 70.3 Å². The van der Waals surface area contributed by atoms with E-state index in [4.69, 9.17) is 23.2 Å². The van der Waals surface area contributed by atoms with Crippen LogP contribution in [-0.2, 0) is 0 Å². The van der Waals surface area contributed by atoms with E-state index in [1.807, 2.05) is 0 Å². The summed E-state index contributed by atoms with van der Waals surface area (Å²) < 4.78 is 0. The van der Waals surface area contributed by atoms with Crippen molar-refractivity contribution in [1.82, 2.24) is 9.97 Å². The van der Waals surface area contributed by atoms with Crippen LogP contribution in [0.4, 0.5) is 23.1 Å². The highest BCUT2D eigenvalue weighted by atomic mass is 35.5. The van der Waals surface area contributed by atoms with E-state index in [1.165, 1.54) is 12.3 Å². The summed E-state index contributed by atoms with van der Waals surface area (Å²) in [6.07, 6.45) is 1.53. The van der Waals surface area contributed by atoms with Gasteiger partial charge in [0.25, 0.3) is 0 Å². The van der Waals surface area contributed by atoms with Crippen molar-refractivity contribution in [2.75, 3.05) is 10.6 Å². The number of aromatic carboxylic acids is 1. The van der Waals surface area contributed by atoms with E-state index in [1.54, 1.807) is 42.5 Å². The first-order chi connectivity index (χ1) is 12.0. The highest BCUT2D eigenvalue weighted by Crippen LogP contribution is 2.31. The van der Waals surface area contributed by atoms with E-state index < -0.39 is 5.97 Å². The number of hydrogen-bond donors (Lipinski definition) is 3. The standard InChI is InChI=1S/C17H12Cl2N4O2/c18-11-5-3-6-12(19)15(11)23-17-20-9-8-14(22-17)21-13-7-2-1-4-10(13)16(24)25/h1-9H,(H,24,25)(H2,20,21,22,23). The number of hydrogen-bond acceptors (Lipinski definition) is 5. The van der Waals surface area contributed by atoms with Gasteiger partial charge in [-0.05, 0) is 30.3 Å². The molecule has 3 N–H and O–H groups in total. The number of nitrogens with one attached hydrogen (secondary N) is 2. The topological polar surface area (TPSA) is 87.1 Å². The number of halogens is 2. The van der Waals surface area contributed by atoms with Gasteiger partial charge in [-0.25, -0.2) is 9.78 Å². The number of carboxylic acid groups (broad SMARTS) is 1. The first kappa shape index (κ1) is 17.0. The van der Waals surface area contributed by atoms with E-state index in [0.29, 0.717) is 27.2 Å². The zero-order valence-corrected chi connectivity index (χ0v) is 14.2. The van der Waals surface area contributed by atoms with Crippen LogP contribution in [0.25, 0.3) is 0 Å². The highest BCUT2D eigenvalue weighted by molar-refractivity contribution is 6.39. The van der Waals surface area contributed by atoms with E-state index in [-0.39, 0.29) is 11.5 Å². The Morgan fingerprint density at radius 1 is 0.960 bits per heavy atom. The third kappa shape index (κ3) is 3.99. The van der Waals surface area contributed by atoms with Gasteiger partial charge < -0.3 is 15.7 Å². The fourth-order valence-corrected chi connectivity index (χ4v) is 2.63. The molecule has 8 heteroatoms. The normalized spacial score (nSPS) is 10.3. The minimum Gasteiger partial charge on any atom is -0.478 e. The smallest absolute Gasteiger partial charge is 0.337 e. The van der Waals surface area contributed by atoms with Gasteiger partial charge in [0, 0.05) is 6.20 Å². The number of anilines is 4. The molecule has 126 valence electrons. The number of benzene rings is 2. The third-order valence-electron chi connectivity index (χ3n) is 3.28. The van der Waals surface area contributed by atoms with Crippen LogP contribution in [0.2, 0.25) is 10.0 Å². The van der Waals surface area contributed by atoms with Crippen LogP contribution in [0, 0.1) is 0 Å². The molecule has 0 amide bonds. The van der Waals surface area contributed by atoms with Crippen LogP contribution < -0.4 is 10.6 Å². The number of carboxylic acids is 1. The maximum atomic E-state index is 11.3. The molecule has 0 aliphatic carbocycles. The monoisotopic (exact) mass is 374 g/mol. The van der Waals surface area contributed by atoms with Crippen LogP contribution in [0.3, 0.4) is 0 Å². The Balaban J connectivity index is 1.87. The van der Waals surface area contributed by atoms with Crippen molar-refractivity contribution in [3.8, 4) is 0 Å². The average molecular weight is 375 g/mol. The van der Waals surface area contributed by atoms with Gasteiger partial charge in [0.2, 0.25) is 5.95 Å². The molecular weight excluding hydrogens is 363 g/mol. The van der Waals surface area contributed by atoms with Gasteiger partial charge in [-0.2, -0.15) is 4.98 Å². The number of rotatable bonds is 5. The summed E-state index contributed by atoms with van der Waals surface area (Å²) >= 11 is 12.2. The number of carbonyl (C=O) groups is 1. The van der Waals surface area contributed by atoms with Crippen molar-refractivity contribution >= 4 is 52.3 Å². The van der Waals surface area contributed by atoms with Crippen molar-refractivity contribution in [1.29, 1.82) is 0 Å². The molecular formula is C17H12Cl2N4O2. The number of para-hydroxylation sites is 2. The summed E-state index contributed by atoms with van der Waals surface area (Å²) in [5.74, 6) is -0.333. The minimum absolute atomic E-state index is 0.143. The van der Waals surface area contributed by atoms with Gasteiger partial charge in [0.1, 0.15) is 5.82 Å². The Labute approximate surface area is 153 Å². The Hall–Kier alpha value is -2.83. The van der Waals surface area contributed by atoms with Crippen molar-refractivity contribution in [2.45, 2.75) is 0 Å². The Kier molecular flexibility index (Phi) is 5.02. The first-order valence-electron chi connectivity index (χ1n) is 7.18. The fourth-order valence-electron chi connectivity index (χ4n) is 2.13.